The van der Waals surface area contributed by atoms with Crippen LogP contribution in [0.5, 0.6) is 0 Å². The van der Waals surface area contributed by atoms with Crippen LogP contribution in [-0.4, -0.2) is 18.9 Å². The minimum absolute atomic E-state index is 1.07. The third-order valence-electron chi connectivity index (χ3n) is 2.41. The molecular weight excluding hydrogens is 238 g/mol. The van der Waals surface area contributed by atoms with Crippen molar-refractivity contribution < 1.29 is 0 Å². The van der Waals surface area contributed by atoms with Gasteiger partial charge in [0.05, 0.1) is 0 Å². The largest absolute Gasteiger partial charge is 0.375 e. The maximum absolute atomic E-state index is 3.45. The summed E-state index contributed by atoms with van der Waals surface area (Å²) in [4.78, 5) is 2.29. The van der Waals surface area contributed by atoms with E-state index in [-0.39, 0.29) is 0 Å². The molecule has 0 fully saturated rings. The molecular formula is C12H18BrN. The van der Waals surface area contributed by atoms with E-state index in [0.29, 0.717) is 0 Å². The third-order valence-corrected chi connectivity index (χ3v) is 2.97. The van der Waals surface area contributed by atoms with Gasteiger partial charge in [0, 0.05) is 24.6 Å². The van der Waals surface area contributed by atoms with Gasteiger partial charge in [0.1, 0.15) is 0 Å². The minimum Gasteiger partial charge on any atom is -0.375 e. The van der Waals surface area contributed by atoms with E-state index in [9.17, 15) is 0 Å². The number of anilines is 1. The SMILES string of the molecule is CCc1ccc(N(C)CCCBr)cc1. The molecule has 0 unspecified atom stereocenters. The summed E-state index contributed by atoms with van der Waals surface area (Å²) in [5.41, 5.74) is 2.71. The molecule has 1 aromatic rings. The van der Waals surface area contributed by atoms with Gasteiger partial charge in [0.15, 0.2) is 0 Å². The zero-order chi connectivity index (χ0) is 10.4. The van der Waals surface area contributed by atoms with Crippen molar-refractivity contribution in [3.63, 3.8) is 0 Å². The van der Waals surface area contributed by atoms with E-state index in [2.05, 4.69) is 59.1 Å². The highest BCUT2D eigenvalue weighted by Crippen LogP contribution is 2.14. The quantitative estimate of drug-likeness (QED) is 0.729. The topological polar surface area (TPSA) is 3.24 Å². The highest BCUT2D eigenvalue weighted by atomic mass is 79.9. The first kappa shape index (κ1) is 11.6. The van der Waals surface area contributed by atoms with Gasteiger partial charge < -0.3 is 4.90 Å². The van der Waals surface area contributed by atoms with Crippen LogP contribution < -0.4 is 4.90 Å². The van der Waals surface area contributed by atoms with Crippen molar-refractivity contribution in [3.05, 3.63) is 29.8 Å². The Morgan fingerprint density at radius 3 is 2.36 bits per heavy atom. The molecule has 0 radical (unpaired) electrons. The summed E-state index contributed by atoms with van der Waals surface area (Å²) in [6, 6.07) is 8.82. The van der Waals surface area contributed by atoms with Crippen molar-refractivity contribution in [2.45, 2.75) is 19.8 Å². The maximum Gasteiger partial charge on any atom is 0.0363 e. The van der Waals surface area contributed by atoms with Gasteiger partial charge in [-0.25, -0.2) is 0 Å². The number of halogens is 1. The highest BCUT2D eigenvalue weighted by molar-refractivity contribution is 9.09. The maximum atomic E-state index is 3.45. The van der Waals surface area contributed by atoms with Gasteiger partial charge in [-0.3, -0.25) is 0 Å². The van der Waals surface area contributed by atoms with E-state index >= 15 is 0 Å². The predicted octanol–water partition coefficient (Wildman–Crippen LogP) is 3.47. The van der Waals surface area contributed by atoms with Crippen molar-refractivity contribution in [3.8, 4) is 0 Å². The zero-order valence-electron chi connectivity index (χ0n) is 8.96. The average molecular weight is 256 g/mol. The van der Waals surface area contributed by atoms with E-state index in [1.807, 2.05) is 0 Å². The standard InChI is InChI=1S/C12H18BrN/c1-3-11-5-7-12(8-6-11)14(2)10-4-9-13/h5-8H,3-4,9-10H2,1-2H3. The number of benzene rings is 1. The fourth-order valence-corrected chi connectivity index (χ4v) is 1.66. The zero-order valence-corrected chi connectivity index (χ0v) is 10.5. The number of hydrogen-bond acceptors (Lipinski definition) is 1. The van der Waals surface area contributed by atoms with Crippen LogP contribution in [0.1, 0.15) is 18.9 Å². The molecule has 0 saturated carbocycles. The molecule has 1 aromatic carbocycles. The second-order valence-corrected chi connectivity index (χ2v) is 4.28. The Morgan fingerprint density at radius 1 is 1.21 bits per heavy atom. The molecule has 0 bridgehead atoms. The Kier molecular flexibility index (Phi) is 5.02. The molecule has 0 amide bonds. The monoisotopic (exact) mass is 255 g/mol. The molecule has 14 heavy (non-hydrogen) atoms. The van der Waals surface area contributed by atoms with Crippen molar-refractivity contribution >= 4 is 21.6 Å². The summed E-state index contributed by atoms with van der Waals surface area (Å²) in [5.74, 6) is 0. The first-order valence-corrected chi connectivity index (χ1v) is 6.26. The summed E-state index contributed by atoms with van der Waals surface area (Å²) >= 11 is 3.45. The lowest BCUT2D eigenvalue weighted by Gasteiger charge is -2.18. The second kappa shape index (κ2) is 6.07. The smallest absolute Gasteiger partial charge is 0.0363 e. The van der Waals surface area contributed by atoms with Gasteiger partial charge in [-0.1, -0.05) is 35.0 Å². The molecule has 0 aliphatic carbocycles. The van der Waals surface area contributed by atoms with Crippen LogP contribution in [0, 0.1) is 0 Å². The lowest BCUT2D eigenvalue weighted by atomic mass is 10.1. The Labute approximate surface area is 95.2 Å². The van der Waals surface area contributed by atoms with Crippen LogP contribution in [0.15, 0.2) is 24.3 Å². The van der Waals surface area contributed by atoms with Crippen LogP contribution in [0.25, 0.3) is 0 Å². The summed E-state index contributed by atoms with van der Waals surface area (Å²) in [6.07, 6.45) is 2.30. The number of hydrogen-bond donors (Lipinski definition) is 0. The van der Waals surface area contributed by atoms with Crippen molar-refractivity contribution in [2.24, 2.45) is 0 Å². The summed E-state index contributed by atoms with van der Waals surface area (Å²) in [5, 5.41) is 1.07. The van der Waals surface area contributed by atoms with Crippen molar-refractivity contribution in [1.82, 2.24) is 0 Å². The molecule has 78 valence electrons. The normalized spacial score (nSPS) is 10.2. The van der Waals surface area contributed by atoms with Crippen molar-refractivity contribution in [1.29, 1.82) is 0 Å². The van der Waals surface area contributed by atoms with Gasteiger partial charge in [-0.15, -0.1) is 0 Å². The van der Waals surface area contributed by atoms with Crippen LogP contribution in [0.2, 0.25) is 0 Å². The average Bonchev–Trinajstić information content (AvgIpc) is 2.26. The third kappa shape index (κ3) is 3.33. The molecule has 1 rings (SSSR count). The molecule has 0 saturated heterocycles. The summed E-state index contributed by atoms with van der Waals surface area (Å²) in [6.45, 7) is 3.29. The lowest BCUT2D eigenvalue weighted by Crippen LogP contribution is -2.18. The Hall–Kier alpha value is -0.500. The van der Waals surface area contributed by atoms with Gasteiger partial charge in [0.2, 0.25) is 0 Å². The highest BCUT2D eigenvalue weighted by Gasteiger charge is 1.99. The Bertz CT molecular complexity index is 256. The molecule has 2 heteroatoms. The fourth-order valence-electron chi connectivity index (χ4n) is 1.41. The van der Waals surface area contributed by atoms with Crippen LogP contribution in [-0.2, 0) is 6.42 Å². The number of aryl methyl sites for hydroxylation is 1. The van der Waals surface area contributed by atoms with Crippen LogP contribution >= 0.6 is 15.9 Å². The molecule has 0 aromatic heterocycles. The molecule has 0 spiro atoms. The van der Waals surface area contributed by atoms with Gasteiger partial charge >= 0.3 is 0 Å². The molecule has 0 heterocycles. The van der Waals surface area contributed by atoms with E-state index in [1.165, 1.54) is 17.7 Å². The van der Waals surface area contributed by atoms with Crippen LogP contribution in [0.3, 0.4) is 0 Å². The fraction of sp³-hybridized carbons (Fsp3) is 0.500. The van der Waals surface area contributed by atoms with E-state index < -0.39 is 0 Å². The first-order valence-electron chi connectivity index (χ1n) is 5.14. The Morgan fingerprint density at radius 2 is 1.86 bits per heavy atom. The molecule has 0 atom stereocenters. The van der Waals surface area contributed by atoms with E-state index in [4.69, 9.17) is 0 Å². The van der Waals surface area contributed by atoms with E-state index in [1.54, 1.807) is 0 Å². The van der Waals surface area contributed by atoms with Gasteiger partial charge in [-0.2, -0.15) is 0 Å². The van der Waals surface area contributed by atoms with Gasteiger partial charge in [-0.05, 0) is 30.5 Å². The molecule has 1 nitrogen and oxygen atoms in total. The van der Waals surface area contributed by atoms with Crippen molar-refractivity contribution in [2.75, 3.05) is 23.8 Å². The summed E-state index contributed by atoms with van der Waals surface area (Å²) < 4.78 is 0. The van der Waals surface area contributed by atoms with Crippen LogP contribution in [0.4, 0.5) is 5.69 Å². The molecule has 0 N–H and O–H groups in total. The molecule has 0 aliphatic heterocycles. The number of rotatable bonds is 5. The Balaban J connectivity index is 2.57. The minimum atomic E-state index is 1.07. The number of alkyl halides is 1. The predicted molar refractivity (Wildman–Crippen MR) is 67.5 cm³/mol. The molecule has 0 aliphatic rings. The number of nitrogens with zero attached hydrogens (tertiary/aromatic N) is 1. The summed E-state index contributed by atoms with van der Waals surface area (Å²) in [7, 11) is 2.14. The van der Waals surface area contributed by atoms with E-state index in [0.717, 1.165) is 18.3 Å². The first-order chi connectivity index (χ1) is 6.77. The second-order valence-electron chi connectivity index (χ2n) is 3.48. The van der Waals surface area contributed by atoms with Gasteiger partial charge in [0.25, 0.3) is 0 Å². The lowest BCUT2D eigenvalue weighted by molar-refractivity contribution is 0.862.